The molecular formula is C14H9F3N. The van der Waals surface area contributed by atoms with Gasteiger partial charge in [-0.1, -0.05) is 36.9 Å². The van der Waals surface area contributed by atoms with Crippen molar-refractivity contribution < 1.29 is 13.2 Å². The van der Waals surface area contributed by atoms with Crippen molar-refractivity contribution in [3.05, 3.63) is 60.3 Å². The first kappa shape index (κ1) is 12.4. The summed E-state index contributed by atoms with van der Waals surface area (Å²) in [4.78, 5) is 3.81. The summed E-state index contributed by atoms with van der Waals surface area (Å²) in [6.07, 6.45) is -1.69. The molecule has 2 rings (SSSR count). The van der Waals surface area contributed by atoms with Crippen LogP contribution in [0, 0.1) is 6.58 Å². The zero-order chi connectivity index (χ0) is 13.2. The number of aromatic nitrogens is 1. The summed E-state index contributed by atoms with van der Waals surface area (Å²) >= 11 is 0. The highest BCUT2D eigenvalue weighted by Gasteiger charge is 2.34. The second kappa shape index (κ2) is 4.64. The van der Waals surface area contributed by atoms with Crippen LogP contribution in [0.1, 0.15) is 11.1 Å². The van der Waals surface area contributed by atoms with Gasteiger partial charge in [0.05, 0.1) is 11.3 Å². The number of rotatable bonds is 2. The molecule has 0 fully saturated rings. The van der Waals surface area contributed by atoms with E-state index in [0.29, 0.717) is 5.56 Å². The lowest BCUT2D eigenvalue weighted by molar-refractivity contribution is -0.137. The first-order valence-electron chi connectivity index (χ1n) is 5.20. The van der Waals surface area contributed by atoms with Gasteiger partial charge in [0.15, 0.2) is 0 Å². The van der Waals surface area contributed by atoms with Gasteiger partial charge < -0.3 is 0 Å². The lowest BCUT2D eigenvalue weighted by atomic mass is 10.0. The molecule has 1 aromatic carbocycles. The van der Waals surface area contributed by atoms with E-state index in [1.807, 2.05) is 0 Å². The summed E-state index contributed by atoms with van der Waals surface area (Å²) < 4.78 is 38.4. The summed E-state index contributed by atoms with van der Waals surface area (Å²) in [5.41, 5.74) is 0.333. The van der Waals surface area contributed by atoms with Crippen molar-refractivity contribution in [3.8, 4) is 11.3 Å². The van der Waals surface area contributed by atoms with Crippen LogP contribution in [0.2, 0.25) is 0 Å². The maximum atomic E-state index is 12.8. The summed E-state index contributed by atoms with van der Waals surface area (Å²) in [6.45, 7) is 5.32. The van der Waals surface area contributed by atoms with Gasteiger partial charge in [-0.25, -0.2) is 0 Å². The second-order valence-corrected chi connectivity index (χ2v) is 3.69. The van der Waals surface area contributed by atoms with Crippen molar-refractivity contribution in [1.29, 1.82) is 0 Å². The van der Waals surface area contributed by atoms with Crippen LogP contribution < -0.4 is 0 Å². The average Bonchev–Trinajstić information content (AvgIpc) is 2.38. The molecule has 0 aliphatic heterocycles. The number of halogens is 3. The number of hydrogen-bond acceptors (Lipinski definition) is 1. The third kappa shape index (κ3) is 2.42. The molecule has 2 aromatic rings. The van der Waals surface area contributed by atoms with E-state index in [4.69, 9.17) is 6.58 Å². The van der Waals surface area contributed by atoms with Crippen LogP contribution in [-0.2, 0) is 6.18 Å². The van der Waals surface area contributed by atoms with Crippen LogP contribution >= 0.6 is 0 Å². The second-order valence-electron chi connectivity index (χ2n) is 3.69. The summed E-state index contributed by atoms with van der Waals surface area (Å²) in [7, 11) is 0. The first-order chi connectivity index (χ1) is 8.52. The van der Waals surface area contributed by atoms with Gasteiger partial charge in [-0.15, -0.1) is 0 Å². The molecule has 0 aliphatic rings. The van der Waals surface area contributed by atoms with Gasteiger partial charge in [0.25, 0.3) is 0 Å². The minimum atomic E-state index is -4.41. The fourth-order valence-electron chi connectivity index (χ4n) is 1.62. The molecule has 0 atom stereocenters. The van der Waals surface area contributed by atoms with Gasteiger partial charge in [-0.3, -0.25) is 4.98 Å². The van der Waals surface area contributed by atoms with Crippen molar-refractivity contribution in [2.45, 2.75) is 6.18 Å². The highest BCUT2D eigenvalue weighted by Crippen LogP contribution is 2.35. The van der Waals surface area contributed by atoms with Crippen molar-refractivity contribution in [3.63, 3.8) is 0 Å². The SMILES string of the molecule is [CH]=Cc1ccc(-c2ncccc2C(F)(F)F)cc1. The molecule has 91 valence electrons. The molecule has 0 aliphatic carbocycles. The Morgan fingerprint density at radius 2 is 1.72 bits per heavy atom. The Balaban J connectivity index is 2.53. The number of nitrogens with zero attached hydrogens (tertiary/aromatic N) is 1. The van der Waals surface area contributed by atoms with Gasteiger partial charge in [-0.2, -0.15) is 13.2 Å². The van der Waals surface area contributed by atoms with E-state index in [2.05, 4.69) is 4.98 Å². The normalized spacial score (nSPS) is 11.3. The first-order valence-corrected chi connectivity index (χ1v) is 5.20. The molecule has 0 saturated heterocycles. The molecule has 0 saturated carbocycles. The van der Waals surface area contributed by atoms with Crippen molar-refractivity contribution in [2.75, 3.05) is 0 Å². The monoisotopic (exact) mass is 248 g/mol. The number of pyridine rings is 1. The molecule has 4 heteroatoms. The Bertz CT molecular complexity index is 556. The van der Waals surface area contributed by atoms with E-state index in [9.17, 15) is 13.2 Å². The van der Waals surface area contributed by atoms with Gasteiger partial charge in [0.1, 0.15) is 0 Å². The van der Waals surface area contributed by atoms with Gasteiger partial charge in [0.2, 0.25) is 0 Å². The Labute approximate surface area is 103 Å². The van der Waals surface area contributed by atoms with Crippen LogP contribution in [0.3, 0.4) is 0 Å². The van der Waals surface area contributed by atoms with E-state index >= 15 is 0 Å². The largest absolute Gasteiger partial charge is 0.418 e. The van der Waals surface area contributed by atoms with E-state index in [0.717, 1.165) is 11.6 Å². The Hall–Kier alpha value is -2.10. The van der Waals surface area contributed by atoms with E-state index in [1.165, 1.54) is 18.3 Å². The molecule has 1 heterocycles. The third-order valence-corrected chi connectivity index (χ3v) is 2.49. The van der Waals surface area contributed by atoms with E-state index in [-0.39, 0.29) is 5.69 Å². The molecule has 1 radical (unpaired) electrons. The molecule has 1 aromatic heterocycles. The highest BCUT2D eigenvalue weighted by molar-refractivity contribution is 5.65. The lowest BCUT2D eigenvalue weighted by Gasteiger charge is -2.11. The minimum Gasteiger partial charge on any atom is -0.256 e. The Kier molecular flexibility index (Phi) is 3.19. The summed E-state index contributed by atoms with van der Waals surface area (Å²) in [5, 5.41) is 0. The molecule has 0 unspecified atom stereocenters. The third-order valence-electron chi connectivity index (χ3n) is 2.49. The predicted molar refractivity (Wildman–Crippen MR) is 63.4 cm³/mol. The van der Waals surface area contributed by atoms with Crippen molar-refractivity contribution in [1.82, 2.24) is 4.98 Å². The lowest BCUT2D eigenvalue weighted by Crippen LogP contribution is -2.08. The maximum Gasteiger partial charge on any atom is 0.418 e. The Morgan fingerprint density at radius 1 is 1.06 bits per heavy atom. The van der Waals surface area contributed by atoms with Crippen molar-refractivity contribution >= 4 is 6.08 Å². The molecular weight excluding hydrogens is 239 g/mol. The van der Waals surface area contributed by atoms with Crippen LogP contribution in [0.25, 0.3) is 17.3 Å². The van der Waals surface area contributed by atoms with Gasteiger partial charge in [-0.05, 0) is 17.7 Å². The van der Waals surface area contributed by atoms with Crippen LogP contribution in [0.5, 0.6) is 0 Å². The zero-order valence-electron chi connectivity index (χ0n) is 9.28. The number of hydrogen-bond donors (Lipinski definition) is 0. The fraction of sp³-hybridized carbons (Fsp3) is 0.0714. The van der Waals surface area contributed by atoms with Gasteiger partial charge in [0, 0.05) is 11.8 Å². The van der Waals surface area contributed by atoms with Crippen molar-refractivity contribution in [2.24, 2.45) is 0 Å². The molecule has 0 bridgehead atoms. The average molecular weight is 248 g/mol. The number of benzene rings is 1. The minimum absolute atomic E-state index is 0.0754. The van der Waals surface area contributed by atoms with Crippen LogP contribution in [0.15, 0.2) is 42.6 Å². The summed E-state index contributed by atoms with van der Waals surface area (Å²) in [5.74, 6) is 0. The van der Waals surface area contributed by atoms with Crippen LogP contribution in [-0.4, -0.2) is 4.98 Å². The van der Waals surface area contributed by atoms with Crippen LogP contribution in [0.4, 0.5) is 13.2 Å². The van der Waals surface area contributed by atoms with E-state index in [1.54, 1.807) is 24.3 Å². The maximum absolute atomic E-state index is 12.8. The Morgan fingerprint density at radius 3 is 2.28 bits per heavy atom. The number of alkyl halides is 3. The smallest absolute Gasteiger partial charge is 0.256 e. The zero-order valence-corrected chi connectivity index (χ0v) is 9.28. The predicted octanol–water partition coefficient (Wildman–Crippen LogP) is 4.21. The standard InChI is InChI=1S/C14H9F3N/c1-2-10-5-7-11(8-6-10)13-12(14(15,16)17)4-3-9-18-13/h1-9H. The molecule has 0 amide bonds. The van der Waals surface area contributed by atoms with Gasteiger partial charge >= 0.3 is 6.18 Å². The quantitative estimate of drug-likeness (QED) is 0.775. The topological polar surface area (TPSA) is 12.9 Å². The molecule has 1 nitrogen and oxygen atoms in total. The van der Waals surface area contributed by atoms with E-state index < -0.39 is 11.7 Å². The molecule has 0 spiro atoms. The molecule has 0 N–H and O–H groups in total. The fourth-order valence-corrected chi connectivity index (χ4v) is 1.62. The highest BCUT2D eigenvalue weighted by atomic mass is 19.4. The molecule has 18 heavy (non-hydrogen) atoms. The summed E-state index contributed by atoms with van der Waals surface area (Å²) in [6, 6.07) is 8.71.